The van der Waals surface area contributed by atoms with Gasteiger partial charge >= 0.3 is 0 Å². The predicted molar refractivity (Wildman–Crippen MR) is 92.8 cm³/mol. The lowest BCUT2D eigenvalue weighted by molar-refractivity contribution is 0.636. The standard InChI is InChI=1S/C17H20.C2H4.CH3F/c1-4-15-7-11-17(12-8-15)14(3)16-9-5-13(2)6-10-16;2*1-2/h5-12,14H,4H2,1-3H3;1-2H2;1H3. The lowest BCUT2D eigenvalue weighted by Gasteiger charge is -2.13. The van der Waals surface area contributed by atoms with Gasteiger partial charge in [-0.05, 0) is 30.0 Å². The van der Waals surface area contributed by atoms with Crippen LogP contribution < -0.4 is 0 Å². The summed E-state index contributed by atoms with van der Waals surface area (Å²) < 4.78 is 9.50. The van der Waals surface area contributed by atoms with Crippen molar-refractivity contribution in [1.82, 2.24) is 0 Å². The Kier molecular flexibility index (Phi) is 9.87. The highest BCUT2D eigenvalue weighted by Gasteiger charge is 2.07. The molecule has 0 radical (unpaired) electrons. The third-order valence-electron chi connectivity index (χ3n) is 3.47. The van der Waals surface area contributed by atoms with Crippen molar-refractivity contribution in [3.63, 3.8) is 0 Å². The zero-order chi connectivity index (χ0) is 16.3. The van der Waals surface area contributed by atoms with Crippen molar-refractivity contribution in [3.05, 3.63) is 83.9 Å². The first-order valence-electron chi connectivity index (χ1n) is 7.24. The number of alkyl halides is 1. The van der Waals surface area contributed by atoms with Crippen molar-refractivity contribution in [1.29, 1.82) is 0 Å². The molecular formula is C20H27F. The molecule has 0 heterocycles. The van der Waals surface area contributed by atoms with Gasteiger partial charge in [-0.25, -0.2) is 0 Å². The van der Waals surface area contributed by atoms with Crippen molar-refractivity contribution in [2.45, 2.75) is 33.1 Å². The maximum atomic E-state index is 9.50. The van der Waals surface area contributed by atoms with Crippen LogP contribution in [0.25, 0.3) is 0 Å². The minimum atomic E-state index is 0.474. The summed E-state index contributed by atoms with van der Waals surface area (Å²) >= 11 is 0. The van der Waals surface area contributed by atoms with Crippen LogP contribution in [0.4, 0.5) is 4.39 Å². The number of hydrogen-bond acceptors (Lipinski definition) is 0. The number of aryl methyl sites for hydroxylation is 2. The minimum Gasteiger partial charge on any atom is -0.255 e. The number of benzene rings is 2. The molecule has 21 heavy (non-hydrogen) atoms. The van der Waals surface area contributed by atoms with Gasteiger partial charge in [0, 0.05) is 5.92 Å². The number of halogens is 1. The minimum absolute atomic E-state index is 0.474. The van der Waals surface area contributed by atoms with E-state index in [2.05, 4.69) is 82.5 Å². The highest BCUT2D eigenvalue weighted by atomic mass is 19.1. The van der Waals surface area contributed by atoms with E-state index in [1.165, 1.54) is 22.3 Å². The summed E-state index contributed by atoms with van der Waals surface area (Å²) in [6.45, 7) is 12.6. The summed E-state index contributed by atoms with van der Waals surface area (Å²) in [6.07, 6.45) is 1.11. The molecule has 2 aromatic rings. The van der Waals surface area contributed by atoms with Gasteiger partial charge in [0.05, 0.1) is 7.18 Å². The van der Waals surface area contributed by atoms with Crippen LogP contribution in [0.2, 0.25) is 0 Å². The Balaban J connectivity index is 0.000000921. The van der Waals surface area contributed by atoms with Crippen LogP contribution in [-0.4, -0.2) is 7.18 Å². The molecule has 0 aliphatic heterocycles. The van der Waals surface area contributed by atoms with Gasteiger partial charge in [-0.1, -0.05) is 67.9 Å². The smallest absolute Gasteiger partial charge is 0.0785 e. The van der Waals surface area contributed by atoms with Gasteiger partial charge in [-0.3, -0.25) is 4.39 Å². The average molecular weight is 286 g/mol. The molecule has 1 unspecified atom stereocenters. The van der Waals surface area contributed by atoms with Crippen molar-refractivity contribution < 1.29 is 4.39 Å². The molecule has 0 aliphatic carbocycles. The summed E-state index contributed by atoms with van der Waals surface area (Å²) in [5, 5.41) is 0. The van der Waals surface area contributed by atoms with Gasteiger partial charge in [0.25, 0.3) is 0 Å². The van der Waals surface area contributed by atoms with Crippen LogP contribution in [0.1, 0.15) is 42.0 Å². The Bertz CT molecular complexity index is 482. The summed E-state index contributed by atoms with van der Waals surface area (Å²) in [5.41, 5.74) is 5.51. The molecule has 0 N–H and O–H groups in total. The predicted octanol–water partition coefficient (Wildman–Crippen LogP) is 6.10. The monoisotopic (exact) mass is 286 g/mol. The van der Waals surface area contributed by atoms with Crippen LogP contribution in [0.3, 0.4) is 0 Å². The van der Waals surface area contributed by atoms with Gasteiger partial charge in [-0.2, -0.15) is 0 Å². The molecule has 0 aromatic heterocycles. The highest BCUT2D eigenvalue weighted by Crippen LogP contribution is 2.24. The van der Waals surface area contributed by atoms with Crippen LogP contribution in [0.15, 0.2) is 61.7 Å². The zero-order valence-corrected chi connectivity index (χ0v) is 13.7. The van der Waals surface area contributed by atoms with Crippen molar-refractivity contribution in [2.75, 3.05) is 7.18 Å². The van der Waals surface area contributed by atoms with E-state index in [0.717, 1.165) is 6.42 Å². The van der Waals surface area contributed by atoms with E-state index in [1.807, 2.05) is 0 Å². The second-order valence-electron chi connectivity index (χ2n) is 4.73. The molecule has 0 bridgehead atoms. The van der Waals surface area contributed by atoms with E-state index in [1.54, 1.807) is 0 Å². The lowest BCUT2D eigenvalue weighted by atomic mass is 9.92. The maximum Gasteiger partial charge on any atom is 0.0785 e. The Morgan fingerprint density at radius 3 is 1.62 bits per heavy atom. The fraction of sp³-hybridized carbons (Fsp3) is 0.300. The second-order valence-corrected chi connectivity index (χ2v) is 4.73. The molecule has 0 amide bonds. The largest absolute Gasteiger partial charge is 0.255 e. The quantitative estimate of drug-likeness (QED) is 0.598. The Hall–Kier alpha value is -1.89. The SMILES string of the molecule is C=C.CCc1ccc(C(C)c2ccc(C)cc2)cc1.CF. The highest BCUT2D eigenvalue weighted by molar-refractivity contribution is 5.34. The summed E-state index contributed by atoms with van der Waals surface area (Å²) in [6, 6.07) is 17.8. The zero-order valence-electron chi connectivity index (χ0n) is 13.7. The first-order valence-corrected chi connectivity index (χ1v) is 7.24. The molecule has 0 nitrogen and oxygen atoms in total. The molecule has 2 aromatic carbocycles. The third-order valence-corrected chi connectivity index (χ3v) is 3.47. The number of hydrogen-bond donors (Lipinski definition) is 0. The molecule has 1 heteroatoms. The summed E-state index contributed by atoms with van der Waals surface area (Å²) in [5.74, 6) is 0.474. The third kappa shape index (κ3) is 5.95. The van der Waals surface area contributed by atoms with E-state index in [9.17, 15) is 4.39 Å². The second kappa shape index (κ2) is 10.8. The van der Waals surface area contributed by atoms with Crippen LogP contribution in [0, 0.1) is 6.92 Å². The van der Waals surface area contributed by atoms with E-state index in [0.29, 0.717) is 13.1 Å². The first-order chi connectivity index (χ1) is 10.2. The molecular weight excluding hydrogens is 259 g/mol. The molecule has 114 valence electrons. The molecule has 0 aliphatic rings. The van der Waals surface area contributed by atoms with Crippen LogP contribution in [0.5, 0.6) is 0 Å². The van der Waals surface area contributed by atoms with Crippen molar-refractivity contribution in [3.8, 4) is 0 Å². The maximum absolute atomic E-state index is 9.50. The van der Waals surface area contributed by atoms with E-state index in [-0.39, 0.29) is 0 Å². The molecule has 2 rings (SSSR count). The summed E-state index contributed by atoms with van der Waals surface area (Å²) in [7, 11) is 0.500. The molecule has 1 atom stereocenters. The van der Waals surface area contributed by atoms with Gasteiger partial charge in [0.2, 0.25) is 0 Å². The fourth-order valence-corrected chi connectivity index (χ4v) is 2.09. The number of rotatable bonds is 3. The van der Waals surface area contributed by atoms with Gasteiger partial charge in [-0.15, -0.1) is 13.2 Å². The Morgan fingerprint density at radius 1 is 0.857 bits per heavy atom. The normalized spacial score (nSPS) is 10.5. The molecule has 0 fully saturated rings. The average Bonchev–Trinajstić information content (AvgIpc) is 2.58. The van der Waals surface area contributed by atoms with Crippen LogP contribution in [-0.2, 0) is 6.42 Å². The van der Waals surface area contributed by atoms with E-state index < -0.39 is 0 Å². The Labute approximate surface area is 129 Å². The van der Waals surface area contributed by atoms with E-state index >= 15 is 0 Å². The van der Waals surface area contributed by atoms with Crippen molar-refractivity contribution >= 4 is 0 Å². The van der Waals surface area contributed by atoms with E-state index in [4.69, 9.17) is 0 Å². The molecule has 0 spiro atoms. The first kappa shape index (κ1) is 19.1. The Morgan fingerprint density at radius 2 is 1.24 bits per heavy atom. The fourth-order valence-electron chi connectivity index (χ4n) is 2.09. The van der Waals surface area contributed by atoms with Crippen molar-refractivity contribution in [2.24, 2.45) is 0 Å². The van der Waals surface area contributed by atoms with Gasteiger partial charge in [0.15, 0.2) is 0 Å². The molecule has 0 saturated heterocycles. The van der Waals surface area contributed by atoms with Crippen LogP contribution >= 0.6 is 0 Å². The topological polar surface area (TPSA) is 0 Å². The van der Waals surface area contributed by atoms with Gasteiger partial charge in [0.1, 0.15) is 0 Å². The summed E-state index contributed by atoms with van der Waals surface area (Å²) in [4.78, 5) is 0. The molecule has 0 saturated carbocycles. The lowest BCUT2D eigenvalue weighted by Crippen LogP contribution is -1.96. The van der Waals surface area contributed by atoms with Gasteiger partial charge < -0.3 is 0 Å².